The van der Waals surface area contributed by atoms with E-state index in [1.54, 1.807) is 48.2 Å². The molecule has 1 aromatic heterocycles. The molecule has 2 N–H and O–H groups in total. The predicted molar refractivity (Wildman–Crippen MR) is 133 cm³/mol. The first-order valence-electron chi connectivity index (χ1n) is 10.7. The summed E-state index contributed by atoms with van der Waals surface area (Å²) < 4.78 is 15.0. The second kappa shape index (κ2) is 11.0. The highest BCUT2D eigenvalue weighted by Gasteiger charge is 2.22. The summed E-state index contributed by atoms with van der Waals surface area (Å²) in [7, 11) is 0. The summed E-state index contributed by atoms with van der Waals surface area (Å²) in [6.45, 7) is 7.76. The number of carbonyl (C=O) groups is 1. The van der Waals surface area contributed by atoms with E-state index in [1.807, 2.05) is 18.4 Å². The lowest BCUT2D eigenvalue weighted by molar-refractivity contribution is -0.116. The Morgan fingerprint density at radius 2 is 2.03 bits per heavy atom. The van der Waals surface area contributed by atoms with Gasteiger partial charge < -0.3 is 10.4 Å². The maximum absolute atomic E-state index is 13.4. The average Bonchev–Trinajstić information content (AvgIpc) is 3.23. The van der Waals surface area contributed by atoms with Crippen LogP contribution in [0.1, 0.15) is 49.6 Å². The molecule has 0 aliphatic heterocycles. The van der Waals surface area contributed by atoms with E-state index in [1.165, 1.54) is 23.9 Å². The second-order valence-corrected chi connectivity index (χ2v) is 8.33. The molecular formula is C26H28FN3O2S. The highest BCUT2D eigenvalue weighted by Crippen LogP contribution is 2.31. The van der Waals surface area contributed by atoms with Crippen LogP contribution in [-0.4, -0.2) is 27.0 Å². The Kier molecular flexibility index (Phi) is 8.11. The molecule has 7 heteroatoms. The van der Waals surface area contributed by atoms with E-state index in [0.717, 1.165) is 23.3 Å². The lowest BCUT2D eigenvalue weighted by atomic mass is 10.00. The Labute approximate surface area is 198 Å². The van der Waals surface area contributed by atoms with Gasteiger partial charge in [0, 0.05) is 16.0 Å². The minimum absolute atomic E-state index is 0.205. The van der Waals surface area contributed by atoms with Gasteiger partial charge in [0.05, 0.1) is 23.6 Å². The van der Waals surface area contributed by atoms with Crippen molar-refractivity contribution in [1.82, 2.24) is 15.1 Å². The summed E-state index contributed by atoms with van der Waals surface area (Å²) >= 11 is 1.46. The third-order valence-electron chi connectivity index (χ3n) is 5.38. The van der Waals surface area contributed by atoms with Crippen molar-refractivity contribution >= 4 is 29.3 Å². The number of aromatic nitrogens is 2. The third kappa shape index (κ3) is 5.37. The van der Waals surface area contributed by atoms with Crippen LogP contribution in [0.5, 0.6) is 5.75 Å². The molecule has 0 saturated carbocycles. The van der Waals surface area contributed by atoms with Crippen molar-refractivity contribution in [3.63, 3.8) is 0 Å². The molecule has 2 aromatic carbocycles. The summed E-state index contributed by atoms with van der Waals surface area (Å²) in [4.78, 5) is 14.1. The number of carbonyl (C=O) groups excluding carboxylic acids is 1. The SMILES string of the molecule is C=Cc1c(/C(=C\C)C(=O)NC(CCC)c2ccc(O)c(SC)c2)cnn1-c1ccc(F)cc1. The van der Waals surface area contributed by atoms with Crippen LogP contribution < -0.4 is 5.32 Å². The second-order valence-electron chi connectivity index (χ2n) is 7.48. The number of allylic oxidation sites excluding steroid dienone is 1. The topological polar surface area (TPSA) is 67.2 Å². The standard InChI is InChI=1S/C26H28FN3O2S/c1-5-8-22(17-9-14-24(31)25(15-17)33-4)29-26(32)20(6-2)21-16-28-30(23(21)7-3)19-12-10-18(27)11-13-19/h6-7,9-16,22,31H,3,5,8H2,1-2,4H3,(H,29,32)/b20-6+. The van der Waals surface area contributed by atoms with E-state index in [4.69, 9.17) is 0 Å². The molecule has 172 valence electrons. The Morgan fingerprint density at radius 1 is 1.30 bits per heavy atom. The summed E-state index contributed by atoms with van der Waals surface area (Å²) in [5.41, 5.74) is 3.37. The number of benzene rings is 2. The van der Waals surface area contributed by atoms with E-state index in [2.05, 4.69) is 23.9 Å². The number of phenolic OH excluding ortho intramolecular Hbond substituents is 1. The van der Waals surface area contributed by atoms with Gasteiger partial charge in [-0.25, -0.2) is 9.07 Å². The van der Waals surface area contributed by atoms with Gasteiger partial charge in [-0.2, -0.15) is 5.10 Å². The van der Waals surface area contributed by atoms with Gasteiger partial charge in [-0.05, 0) is 67.6 Å². The molecule has 0 saturated heterocycles. The van der Waals surface area contributed by atoms with Gasteiger partial charge >= 0.3 is 0 Å². The molecule has 1 amide bonds. The van der Waals surface area contributed by atoms with Gasteiger partial charge in [-0.15, -0.1) is 11.8 Å². The Hall–Kier alpha value is -3.32. The van der Waals surface area contributed by atoms with Crippen molar-refractivity contribution in [1.29, 1.82) is 0 Å². The van der Waals surface area contributed by atoms with Gasteiger partial charge in [-0.1, -0.05) is 32.1 Å². The highest BCUT2D eigenvalue weighted by atomic mass is 32.2. The number of nitrogens with one attached hydrogen (secondary N) is 1. The molecular weight excluding hydrogens is 437 g/mol. The Bertz CT molecular complexity index is 1170. The number of thioether (sulfide) groups is 1. The Balaban J connectivity index is 1.92. The van der Waals surface area contributed by atoms with Gasteiger partial charge in [-0.3, -0.25) is 4.79 Å². The van der Waals surface area contributed by atoms with Crippen LogP contribution in [0.25, 0.3) is 17.3 Å². The maximum atomic E-state index is 13.4. The summed E-state index contributed by atoms with van der Waals surface area (Å²) in [6.07, 6.45) is 8.55. The van der Waals surface area contributed by atoms with Crippen molar-refractivity contribution in [2.75, 3.05) is 6.26 Å². The number of aromatic hydroxyl groups is 1. The summed E-state index contributed by atoms with van der Waals surface area (Å²) in [6, 6.07) is 11.2. The zero-order valence-electron chi connectivity index (χ0n) is 19.0. The summed E-state index contributed by atoms with van der Waals surface area (Å²) in [5.74, 6) is -0.331. The normalized spacial score (nSPS) is 12.4. The monoisotopic (exact) mass is 465 g/mol. The molecule has 1 atom stereocenters. The minimum Gasteiger partial charge on any atom is -0.507 e. The van der Waals surface area contributed by atoms with Crippen LogP contribution >= 0.6 is 11.8 Å². The van der Waals surface area contributed by atoms with E-state index in [9.17, 15) is 14.3 Å². The zero-order valence-corrected chi connectivity index (χ0v) is 19.8. The lowest BCUT2D eigenvalue weighted by Crippen LogP contribution is -2.29. The van der Waals surface area contributed by atoms with Crippen LogP contribution in [0.15, 0.2) is 66.2 Å². The Morgan fingerprint density at radius 3 is 2.64 bits per heavy atom. The fraction of sp³-hybridized carbons (Fsp3) is 0.231. The molecule has 33 heavy (non-hydrogen) atoms. The third-order valence-corrected chi connectivity index (χ3v) is 6.15. The zero-order chi connectivity index (χ0) is 24.0. The van der Waals surface area contributed by atoms with Gasteiger partial charge in [0.1, 0.15) is 11.6 Å². The molecule has 0 radical (unpaired) electrons. The lowest BCUT2D eigenvalue weighted by Gasteiger charge is -2.20. The van der Waals surface area contributed by atoms with E-state index >= 15 is 0 Å². The quantitative estimate of drug-likeness (QED) is 0.294. The maximum Gasteiger partial charge on any atom is 0.252 e. The molecule has 1 heterocycles. The first-order valence-corrected chi connectivity index (χ1v) is 12.0. The van der Waals surface area contributed by atoms with Gasteiger partial charge in [0.2, 0.25) is 0 Å². The average molecular weight is 466 g/mol. The van der Waals surface area contributed by atoms with Crippen LogP contribution in [-0.2, 0) is 4.79 Å². The number of hydrogen-bond acceptors (Lipinski definition) is 4. The number of hydrogen-bond donors (Lipinski definition) is 2. The van der Waals surface area contributed by atoms with Crippen LogP contribution in [0.4, 0.5) is 4.39 Å². The van der Waals surface area contributed by atoms with E-state index in [0.29, 0.717) is 22.5 Å². The van der Waals surface area contributed by atoms with E-state index < -0.39 is 0 Å². The smallest absolute Gasteiger partial charge is 0.252 e. The number of amides is 1. The van der Waals surface area contributed by atoms with Crippen molar-refractivity contribution < 1.29 is 14.3 Å². The minimum atomic E-state index is -0.333. The predicted octanol–water partition coefficient (Wildman–Crippen LogP) is 6.14. The molecule has 3 aromatic rings. The molecule has 0 bridgehead atoms. The molecule has 0 spiro atoms. The first kappa shape index (κ1) is 24.3. The number of phenols is 1. The molecule has 0 aliphatic carbocycles. The number of nitrogens with zero attached hydrogens (tertiary/aromatic N) is 2. The fourth-order valence-corrected chi connectivity index (χ4v) is 4.25. The molecule has 1 unspecified atom stereocenters. The van der Waals surface area contributed by atoms with Crippen molar-refractivity contribution in [2.24, 2.45) is 0 Å². The van der Waals surface area contributed by atoms with E-state index in [-0.39, 0.29) is 23.5 Å². The van der Waals surface area contributed by atoms with Gasteiger partial charge in [0.25, 0.3) is 5.91 Å². The number of halogens is 1. The largest absolute Gasteiger partial charge is 0.507 e. The van der Waals surface area contributed by atoms with Crippen molar-refractivity contribution in [2.45, 2.75) is 37.6 Å². The molecule has 5 nitrogen and oxygen atoms in total. The van der Waals surface area contributed by atoms with Crippen molar-refractivity contribution in [3.8, 4) is 11.4 Å². The van der Waals surface area contributed by atoms with Crippen LogP contribution in [0.3, 0.4) is 0 Å². The van der Waals surface area contributed by atoms with Crippen molar-refractivity contribution in [3.05, 3.63) is 84.0 Å². The highest BCUT2D eigenvalue weighted by molar-refractivity contribution is 7.98. The van der Waals surface area contributed by atoms with Gasteiger partial charge in [0.15, 0.2) is 0 Å². The molecule has 3 rings (SSSR count). The summed E-state index contributed by atoms with van der Waals surface area (Å²) in [5, 5.41) is 17.6. The fourth-order valence-electron chi connectivity index (χ4n) is 3.72. The number of rotatable bonds is 9. The molecule has 0 aliphatic rings. The van der Waals surface area contributed by atoms with Crippen LogP contribution in [0.2, 0.25) is 0 Å². The molecule has 0 fully saturated rings. The first-order chi connectivity index (χ1) is 15.9. The van der Waals surface area contributed by atoms with Crippen LogP contribution in [0, 0.1) is 5.82 Å².